The van der Waals surface area contributed by atoms with E-state index in [0.29, 0.717) is 24.3 Å². The minimum absolute atomic E-state index is 0.0545. The molecule has 0 bridgehead atoms. The van der Waals surface area contributed by atoms with Crippen LogP contribution in [-0.2, 0) is 15.4 Å². The number of carbonyl (C=O) groups excluding carboxylic acids is 1. The Bertz CT molecular complexity index is 968. The molecule has 2 aromatic rings. The summed E-state index contributed by atoms with van der Waals surface area (Å²) >= 11 is 0. The van der Waals surface area contributed by atoms with Crippen LogP contribution < -0.4 is 4.72 Å². The molecule has 5 nitrogen and oxygen atoms in total. The lowest BCUT2D eigenvalue weighted by Crippen LogP contribution is -2.29. The summed E-state index contributed by atoms with van der Waals surface area (Å²) in [4.78, 5) is 14.9. The molecule has 0 aliphatic carbocycles. The van der Waals surface area contributed by atoms with E-state index in [1.807, 2.05) is 12.1 Å². The zero-order valence-corrected chi connectivity index (χ0v) is 17.8. The molecular weight excluding hydrogens is 372 g/mol. The fourth-order valence-electron chi connectivity index (χ4n) is 3.40. The van der Waals surface area contributed by atoms with Gasteiger partial charge in [0.05, 0.1) is 16.1 Å². The van der Waals surface area contributed by atoms with Crippen LogP contribution in [0.3, 0.4) is 0 Å². The molecule has 1 amide bonds. The van der Waals surface area contributed by atoms with Crippen LogP contribution in [0.1, 0.15) is 55.1 Å². The number of nitrogens with zero attached hydrogens (tertiary/aromatic N) is 1. The van der Waals surface area contributed by atoms with E-state index in [-0.39, 0.29) is 16.2 Å². The van der Waals surface area contributed by atoms with Gasteiger partial charge in [-0.3, -0.25) is 9.52 Å². The molecule has 0 saturated carbocycles. The zero-order valence-electron chi connectivity index (χ0n) is 17.0. The van der Waals surface area contributed by atoms with Crippen LogP contribution in [0, 0.1) is 6.92 Å². The summed E-state index contributed by atoms with van der Waals surface area (Å²) in [7, 11) is -3.80. The van der Waals surface area contributed by atoms with Gasteiger partial charge in [0, 0.05) is 13.1 Å². The molecule has 6 heteroatoms. The first-order valence-electron chi connectivity index (χ1n) is 9.62. The lowest BCUT2D eigenvalue weighted by molar-refractivity contribution is 0.0794. The van der Waals surface area contributed by atoms with Crippen molar-refractivity contribution < 1.29 is 13.2 Å². The number of anilines is 1. The standard InChI is InChI=1S/C22H28N2O3S/c1-16-8-7-9-19(21(25)24-14-5-6-15-24)20(16)23-28(26,27)18-12-10-17(11-13-18)22(2,3)4/h7-13,23H,5-6,14-15H2,1-4H3. The Morgan fingerprint density at radius 1 is 1.00 bits per heavy atom. The van der Waals surface area contributed by atoms with Crippen molar-refractivity contribution in [3.63, 3.8) is 0 Å². The van der Waals surface area contributed by atoms with Gasteiger partial charge in [0.15, 0.2) is 0 Å². The second kappa shape index (κ2) is 7.59. The number of benzene rings is 2. The van der Waals surface area contributed by atoms with E-state index in [0.717, 1.165) is 24.0 Å². The molecule has 0 unspecified atom stereocenters. The van der Waals surface area contributed by atoms with Gasteiger partial charge in [-0.25, -0.2) is 8.42 Å². The lowest BCUT2D eigenvalue weighted by atomic mass is 9.87. The third-order valence-corrected chi connectivity index (χ3v) is 6.53. The number of nitrogens with one attached hydrogen (secondary N) is 1. The summed E-state index contributed by atoms with van der Waals surface area (Å²) in [6.45, 7) is 9.48. The Kier molecular flexibility index (Phi) is 5.53. The van der Waals surface area contributed by atoms with Gasteiger partial charge in [0.2, 0.25) is 0 Å². The fourth-order valence-corrected chi connectivity index (χ4v) is 4.55. The van der Waals surface area contributed by atoms with E-state index in [1.165, 1.54) is 0 Å². The number of aryl methyl sites for hydroxylation is 1. The Hall–Kier alpha value is -2.34. The summed E-state index contributed by atoms with van der Waals surface area (Å²) in [5, 5.41) is 0. The predicted molar refractivity (Wildman–Crippen MR) is 112 cm³/mol. The summed E-state index contributed by atoms with van der Waals surface area (Å²) in [5.41, 5.74) is 2.49. The van der Waals surface area contributed by atoms with Crippen LogP contribution in [0.4, 0.5) is 5.69 Å². The van der Waals surface area contributed by atoms with Crippen molar-refractivity contribution in [3.8, 4) is 0 Å². The molecule has 0 atom stereocenters. The predicted octanol–water partition coefficient (Wildman–Crippen LogP) is 4.33. The average Bonchev–Trinajstić information content (AvgIpc) is 3.17. The largest absolute Gasteiger partial charge is 0.339 e. The molecule has 1 aliphatic rings. The van der Waals surface area contributed by atoms with Crippen molar-refractivity contribution >= 4 is 21.6 Å². The lowest BCUT2D eigenvalue weighted by Gasteiger charge is -2.21. The molecule has 150 valence electrons. The third kappa shape index (κ3) is 4.22. The van der Waals surface area contributed by atoms with E-state index < -0.39 is 10.0 Å². The number of hydrogen-bond acceptors (Lipinski definition) is 3. The highest BCUT2D eigenvalue weighted by molar-refractivity contribution is 7.92. The van der Waals surface area contributed by atoms with Crippen LogP contribution in [-0.4, -0.2) is 32.3 Å². The van der Waals surface area contributed by atoms with E-state index in [2.05, 4.69) is 25.5 Å². The van der Waals surface area contributed by atoms with Gasteiger partial charge in [0.1, 0.15) is 0 Å². The molecule has 0 spiro atoms. The Morgan fingerprint density at radius 2 is 1.61 bits per heavy atom. The maximum absolute atomic E-state index is 13.0. The van der Waals surface area contributed by atoms with Crippen molar-refractivity contribution in [1.29, 1.82) is 0 Å². The monoisotopic (exact) mass is 400 g/mol. The SMILES string of the molecule is Cc1cccc(C(=O)N2CCCC2)c1NS(=O)(=O)c1ccc(C(C)(C)C)cc1. The highest BCUT2D eigenvalue weighted by atomic mass is 32.2. The fraction of sp³-hybridized carbons (Fsp3) is 0.409. The third-order valence-electron chi connectivity index (χ3n) is 5.16. The van der Waals surface area contributed by atoms with E-state index in [1.54, 1.807) is 42.2 Å². The summed E-state index contributed by atoms with van der Waals surface area (Å²) < 4.78 is 28.6. The first-order chi connectivity index (χ1) is 13.1. The Balaban J connectivity index is 1.93. The molecule has 1 N–H and O–H groups in total. The first kappa shape index (κ1) is 20.4. The number of para-hydroxylation sites is 1. The number of hydrogen-bond donors (Lipinski definition) is 1. The first-order valence-corrected chi connectivity index (χ1v) is 11.1. The van der Waals surface area contributed by atoms with E-state index >= 15 is 0 Å². The van der Waals surface area contributed by atoms with Crippen LogP contribution in [0.15, 0.2) is 47.4 Å². The smallest absolute Gasteiger partial charge is 0.261 e. The van der Waals surface area contributed by atoms with Crippen molar-refractivity contribution in [1.82, 2.24) is 4.90 Å². The molecule has 1 saturated heterocycles. The molecule has 0 radical (unpaired) electrons. The summed E-state index contributed by atoms with van der Waals surface area (Å²) in [6.07, 6.45) is 1.97. The highest BCUT2D eigenvalue weighted by Gasteiger charge is 2.25. The zero-order chi connectivity index (χ0) is 20.5. The number of carbonyl (C=O) groups is 1. The van der Waals surface area contributed by atoms with Crippen molar-refractivity contribution in [2.45, 2.75) is 50.8 Å². The Morgan fingerprint density at radius 3 is 2.18 bits per heavy atom. The Labute approximate surface area is 167 Å². The van der Waals surface area contributed by atoms with Gasteiger partial charge in [0.25, 0.3) is 15.9 Å². The molecule has 28 heavy (non-hydrogen) atoms. The van der Waals surface area contributed by atoms with Crippen molar-refractivity contribution in [2.75, 3.05) is 17.8 Å². The molecule has 2 aromatic carbocycles. The van der Waals surface area contributed by atoms with E-state index in [9.17, 15) is 13.2 Å². The van der Waals surface area contributed by atoms with Crippen LogP contribution >= 0.6 is 0 Å². The second-order valence-electron chi connectivity index (χ2n) is 8.38. The van der Waals surface area contributed by atoms with Gasteiger partial charge in [-0.05, 0) is 54.5 Å². The average molecular weight is 401 g/mol. The van der Waals surface area contributed by atoms with Gasteiger partial charge >= 0.3 is 0 Å². The van der Waals surface area contributed by atoms with Gasteiger partial charge in [-0.2, -0.15) is 0 Å². The van der Waals surface area contributed by atoms with Crippen molar-refractivity contribution in [2.24, 2.45) is 0 Å². The molecule has 1 fully saturated rings. The van der Waals surface area contributed by atoms with Crippen molar-refractivity contribution in [3.05, 3.63) is 59.2 Å². The molecule has 1 aliphatic heterocycles. The number of sulfonamides is 1. The quantitative estimate of drug-likeness (QED) is 0.831. The van der Waals surface area contributed by atoms with Crippen LogP contribution in [0.25, 0.3) is 0 Å². The molecule has 1 heterocycles. The number of amides is 1. The van der Waals surface area contributed by atoms with E-state index in [4.69, 9.17) is 0 Å². The number of rotatable bonds is 4. The summed E-state index contributed by atoms with van der Waals surface area (Å²) in [6, 6.07) is 12.2. The van der Waals surface area contributed by atoms with Gasteiger partial charge < -0.3 is 4.90 Å². The number of likely N-dealkylation sites (tertiary alicyclic amines) is 1. The maximum atomic E-state index is 13.0. The molecule has 3 rings (SSSR count). The highest BCUT2D eigenvalue weighted by Crippen LogP contribution is 2.28. The minimum atomic E-state index is -3.80. The molecule has 0 aromatic heterocycles. The minimum Gasteiger partial charge on any atom is -0.339 e. The molecular formula is C22H28N2O3S. The maximum Gasteiger partial charge on any atom is 0.261 e. The van der Waals surface area contributed by atoms with Gasteiger partial charge in [-0.1, -0.05) is 45.0 Å². The second-order valence-corrected chi connectivity index (χ2v) is 10.1. The summed E-state index contributed by atoms with van der Waals surface area (Å²) in [5.74, 6) is -0.123. The normalized spacial score (nSPS) is 14.9. The van der Waals surface area contributed by atoms with Crippen LogP contribution in [0.2, 0.25) is 0 Å². The topological polar surface area (TPSA) is 66.5 Å². The van der Waals surface area contributed by atoms with Gasteiger partial charge in [-0.15, -0.1) is 0 Å². The van der Waals surface area contributed by atoms with Crippen LogP contribution in [0.5, 0.6) is 0 Å².